The molecular formula is C20H28FN3O2. The molecule has 3 atom stereocenters. The average molecular weight is 361 g/mol. The second-order valence-electron chi connectivity index (χ2n) is 8.18. The van der Waals surface area contributed by atoms with Crippen LogP contribution in [-0.2, 0) is 4.79 Å². The van der Waals surface area contributed by atoms with Crippen molar-refractivity contribution >= 4 is 17.3 Å². The van der Waals surface area contributed by atoms with Gasteiger partial charge < -0.3 is 20.6 Å². The first-order valence-corrected chi connectivity index (χ1v) is 9.80. The van der Waals surface area contributed by atoms with Gasteiger partial charge in [0.1, 0.15) is 5.82 Å². The van der Waals surface area contributed by atoms with Gasteiger partial charge in [0.25, 0.3) is 0 Å². The number of amides is 1. The van der Waals surface area contributed by atoms with Crippen LogP contribution in [0.5, 0.6) is 0 Å². The van der Waals surface area contributed by atoms with E-state index < -0.39 is 0 Å². The summed E-state index contributed by atoms with van der Waals surface area (Å²) in [6, 6.07) is 5.25. The molecule has 0 radical (unpaired) electrons. The molecule has 0 aliphatic carbocycles. The highest BCUT2D eigenvalue weighted by atomic mass is 19.1. The van der Waals surface area contributed by atoms with Gasteiger partial charge in [-0.1, -0.05) is 0 Å². The van der Waals surface area contributed by atoms with Crippen LogP contribution >= 0.6 is 0 Å². The van der Waals surface area contributed by atoms with Crippen molar-refractivity contribution in [3.8, 4) is 0 Å². The first-order valence-electron chi connectivity index (χ1n) is 9.80. The number of nitrogens with two attached hydrogens (primary N) is 1. The number of nitrogen functional groups attached to an aromatic ring is 1. The van der Waals surface area contributed by atoms with Crippen LogP contribution in [0.2, 0.25) is 0 Å². The first-order chi connectivity index (χ1) is 12.5. The van der Waals surface area contributed by atoms with E-state index in [0.29, 0.717) is 24.3 Å². The third-order valence-electron chi connectivity index (χ3n) is 6.29. The maximum Gasteiger partial charge on any atom is 0.223 e. The molecule has 3 N–H and O–H groups in total. The monoisotopic (exact) mass is 361 g/mol. The Morgan fingerprint density at radius 1 is 1.23 bits per heavy atom. The molecule has 2 bridgehead atoms. The largest absolute Gasteiger partial charge is 0.399 e. The highest BCUT2D eigenvalue weighted by Gasteiger charge is 2.43. The molecule has 3 unspecified atom stereocenters. The molecule has 3 saturated heterocycles. The van der Waals surface area contributed by atoms with E-state index >= 15 is 0 Å². The summed E-state index contributed by atoms with van der Waals surface area (Å²) in [4.78, 5) is 17.0. The Balaban J connectivity index is 1.40. The minimum Gasteiger partial charge on any atom is -0.399 e. The van der Waals surface area contributed by atoms with Gasteiger partial charge in [0, 0.05) is 37.3 Å². The van der Waals surface area contributed by atoms with Crippen LogP contribution in [0.25, 0.3) is 0 Å². The van der Waals surface area contributed by atoms with Gasteiger partial charge in [-0.2, -0.15) is 0 Å². The van der Waals surface area contributed by atoms with Crippen LogP contribution in [-0.4, -0.2) is 47.2 Å². The van der Waals surface area contributed by atoms with Crippen molar-refractivity contribution in [2.24, 2.45) is 5.92 Å². The molecular weight excluding hydrogens is 333 g/mol. The number of benzene rings is 1. The summed E-state index contributed by atoms with van der Waals surface area (Å²) in [6.45, 7) is 1.52. The fraction of sp³-hybridized carbons (Fsp3) is 0.650. The summed E-state index contributed by atoms with van der Waals surface area (Å²) in [5, 5.41) is 9.93. The molecule has 26 heavy (non-hydrogen) atoms. The summed E-state index contributed by atoms with van der Waals surface area (Å²) in [6.07, 6.45) is 5.71. The number of fused-ring (bicyclic) bond motifs is 2. The third-order valence-corrected chi connectivity index (χ3v) is 6.29. The van der Waals surface area contributed by atoms with Gasteiger partial charge in [0.05, 0.1) is 11.8 Å². The van der Waals surface area contributed by atoms with Crippen LogP contribution < -0.4 is 10.6 Å². The van der Waals surface area contributed by atoms with Crippen molar-refractivity contribution in [3.63, 3.8) is 0 Å². The number of aliphatic hydroxyl groups is 1. The molecule has 3 heterocycles. The van der Waals surface area contributed by atoms with Crippen LogP contribution in [0.4, 0.5) is 15.8 Å². The molecule has 1 aromatic rings. The number of carbonyl (C=O) groups excluding carboxylic acids is 1. The molecule has 3 fully saturated rings. The third kappa shape index (κ3) is 3.39. The number of anilines is 2. The van der Waals surface area contributed by atoms with Crippen LogP contribution in [0.1, 0.15) is 44.9 Å². The van der Waals surface area contributed by atoms with Gasteiger partial charge in [0.2, 0.25) is 5.91 Å². The molecule has 0 spiro atoms. The number of halogens is 1. The molecule has 0 aromatic heterocycles. The lowest BCUT2D eigenvalue weighted by Crippen LogP contribution is -2.49. The predicted molar refractivity (Wildman–Crippen MR) is 99.3 cm³/mol. The Kier molecular flexibility index (Phi) is 4.78. The van der Waals surface area contributed by atoms with E-state index in [9.17, 15) is 14.3 Å². The average Bonchev–Trinajstić information content (AvgIpc) is 2.87. The van der Waals surface area contributed by atoms with Gasteiger partial charge in [-0.15, -0.1) is 0 Å². The van der Waals surface area contributed by atoms with Crippen LogP contribution in [0.15, 0.2) is 18.2 Å². The number of hydrogen-bond acceptors (Lipinski definition) is 4. The molecule has 3 aliphatic heterocycles. The Morgan fingerprint density at radius 3 is 2.65 bits per heavy atom. The molecule has 1 aromatic carbocycles. The maximum atomic E-state index is 14.2. The van der Waals surface area contributed by atoms with E-state index in [1.807, 2.05) is 4.90 Å². The highest BCUT2D eigenvalue weighted by Crippen LogP contribution is 2.37. The zero-order valence-corrected chi connectivity index (χ0v) is 15.1. The Bertz CT molecular complexity index is 669. The standard InChI is InChI=1S/C20H28FN3O2/c21-18-9-14(22)3-6-19(18)23-7-1-2-13(12-23)8-20(26)24-15-4-5-16(24)11-17(25)10-15/h3,6,9,13,15-17,25H,1-2,4-5,7-8,10-12,22H2. The van der Waals surface area contributed by atoms with E-state index in [-0.39, 0.29) is 35.8 Å². The van der Waals surface area contributed by atoms with Crippen molar-refractivity contribution in [3.05, 3.63) is 24.0 Å². The van der Waals surface area contributed by atoms with Gasteiger partial charge in [-0.25, -0.2) is 4.39 Å². The van der Waals surface area contributed by atoms with Crippen LogP contribution in [0.3, 0.4) is 0 Å². The van der Waals surface area contributed by atoms with Crippen LogP contribution in [0, 0.1) is 11.7 Å². The minimum absolute atomic E-state index is 0.213. The lowest BCUT2D eigenvalue weighted by atomic mass is 9.92. The van der Waals surface area contributed by atoms with Crippen molar-refractivity contribution in [2.75, 3.05) is 23.7 Å². The van der Waals surface area contributed by atoms with E-state index in [4.69, 9.17) is 5.73 Å². The fourth-order valence-corrected chi connectivity index (χ4v) is 5.14. The second kappa shape index (κ2) is 7.06. The molecule has 6 heteroatoms. The van der Waals surface area contributed by atoms with Gasteiger partial charge in [0.15, 0.2) is 0 Å². The summed E-state index contributed by atoms with van der Waals surface area (Å²) in [7, 11) is 0. The Labute approximate surface area is 154 Å². The number of rotatable bonds is 3. The summed E-state index contributed by atoms with van der Waals surface area (Å²) in [5.74, 6) is 0.175. The fourth-order valence-electron chi connectivity index (χ4n) is 5.14. The van der Waals surface area contributed by atoms with Crippen molar-refractivity contribution in [1.82, 2.24) is 4.90 Å². The number of nitrogens with zero attached hydrogens (tertiary/aromatic N) is 2. The maximum absolute atomic E-state index is 14.2. The smallest absolute Gasteiger partial charge is 0.223 e. The quantitative estimate of drug-likeness (QED) is 0.812. The molecule has 5 nitrogen and oxygen atoms in total. The first kappa shape index (κ1) is 17.6. The van der Waals surface area contributed by atoms with E-state index in [2.05, 4.69) is 4.90 Å². The molecule has 0 saturated carbocycles. The SMILES string of the molecule is Nc1ccc(N2CCCC(CC(=O)N3C4CCC3CC(O)C4)C2)c(F)c1. The Hall–Kier alpha value is -1.82. The van der Waals surface area contributed by atoms with Crippen molar-refractivity contribution in [1.29, 1.82) is 0 Å². The number of hydrogen-bond donors (Lipinski definition) is 2. The van der Waals surface area contributed by atoms with E-state index in [1.165, 1.54) is 6.07 Å². The predicted octanol–water partition coefficient (Wildman–Crippen LogP) is 2.53. The van der Waals surface area contributed by atoms with Gasteiger partial charge in [-0.05, 0) is 62.6 Å². The van der Waals surface area contributed by atoms with E-state index in [1.54, 1.807) is 12.1 Å². The number of aliphatic hydroxyl groups excluding tert-OH is 1. The minimum atomic E-state index is -0.292. The second-order valence-corrected chi connectivity index (χ2v) is 8.18. The molecule has 3 aliphatic rings. The van der Waals surface area contributed by atoms with Gasteiger partial charge in [-0.3, -0.25) is 4.79 Å². The number of piperidine rings is 2. The molecule has 4 rings (SSSR count). The Morgan fingerprint density at radius 2 is 1.96 bits per heavy atom. The zero-order chi connectivity index (χ0) is 18.3. The number of carbonyl (C=O) groups is 1. The van der Waals surface area contributed by atoms with E-state index in [0.717, 1.165) is 45.1 Å². The summed E-state index contributed by atoms with van der Waals surface area (Å²) in [5.41, 5.74) is 6.66. The molecule has 1 amide bonds. The topological polar surface area (TPSA) is 69.8 Å². The zero-order valence-electron chi connectivity index (χ0n) is 15.1. The highest BCUT2D eigenvalue weighted by molar-refractivity contribution is 5.78. The van der Waals surface area contributed by atoms with Crippen molar-refractivity contribution < 1.29 is 14.3 Å². The lowest BCUT2D eigenvalue weighted by Gasteiger charge is -2.39. The normalized spacial score (nSPS) is 31.3. The summed E-state index contributed by atoms with van der Waals surface area (Å²) >= 11 is 0. The molecule has 142 valence electrons. The lowest BCUT2D eigenvalue weighted by molar-refractivity contribution is -0.138. The van der Waals surface area contributed by atoms with Crippen molar-refractivity contribution in [2.45, 2.75) is 63.1 Å². The summed E-state index contributed by atoms with van der Waals surface area (Å²) < 4.78 is 14.2. The van der Waals surface area contributed by atoms with Gasteiger partial charge >= 0.3 is 0 Å².